The number of ether oxygens (including phenoxy) is 1. The zero-order valence-corrected chi connectivity index (χ0v) is 20.2. The lowest BCUT2D eigenvalue weighted by Crippen LogP contribution is -2.37. The van der Waals surface area contributed by atoms with Gasteiger partial charge in [0.25, 0.3) is 0 Å². The molecule has 35 heavy (non-hydrogen) atoms. The van der Waals surface area contributed by atoms with Gasteiger partial charge in [0, 0.05) is 20.0 Å². The van der Waals surface area contributed by atoms with Crippen LogP contribution in [0.15, 0.2) is 46.9 Å². The molecule has 9 heteroatoms. The van der Waals surface area contributed by atoms with Crippen LogP contribution in [-0.2, 0) is 24.3 Å². The predicted octanol–water partition coefficient (Wildman–Crippen LogP) is 4.65. The van der Waals surface area contributed by atoms with E-state index in [0.717, 1.165) is 50.9 Å². The largest absolute Gasteiger partial charge is 0.480 e. The second-order valence-corrected chi connectivity index (χ2v) is 8.44. The molecule has 2 aromatic heterocycles. The number of carbonyl (C=O) groups is 2. The normalized spacial score (nSPS) is 11.1. The lowest BCUT2D eigenvalue weighted by molar-refractivity contribution is -0.138. The number of nitrogens with zero attached hydrogens (tertiary/aromatic N) is 4. The van der Waals surface area contributed by atoms with Crippen molar-refractivity contribution in [2.75, 3.05) is 6.54 Å². The van der Waals surface area contributed by atoms with E-state index in [1.165, 1.54) is 0 Å². The van der Waals surface area contributed by atoms with Crippen LogP contribution >= 0.6 is 0 Å². The fourth-order valence-electron chi connectivity index (χ4n) is 4.04. The van der Waals surface area contributed by atoms with E-state index in [0.29, 0.717) is 18.1 Å². The first-order valence-electron chi connectivity index (χ1n) is 11.4. The fourth-order valence-corrected chi connectivity index (χ4v) is 4.04. The summed E-state index contributed by atoms with van der Waals surface area (Å²) in [7, 11) is 0. The molecule has 0 atom stereocenters. The molecule has 4 rings (SSSR count). The van der Waals surface area contributed by atoms with Crippen molar-refractivity contribution >= 4 is 23.1 Å². The highest BCUT2D eigenvalue weighted by atomic mass is 16.6. The summed E-state index contributed by atoms with van der Waals surface area (Å²) in [4.78, 5) is 34.6. The lowest BCUT2D eigenvalue weighted by Gasteiger charge is -2.20. The SMILES string of the molecule is CCn1c(Cc2nc(C)oc2C)nc2cc(CN(CC(=O)O)C(=O)Oc3ccc(C)cc3)ccc21. The van der Waals surface area contributed by atoms with Gasteiger partial charge >= 0.3 is 12.1 Å². The second kappa shape index (κ2) is 10.0. The molecular formula is C26H28N4O5. The zero-order chi connectivity index (χ0) is 25.1. The smallest absolute Gasteiger partial charge is 0.416 e. The summed E-state index contributed by atoms with van der Waals surface area (Å²) < 4.78 is 13.1. The maximum absolute atomic E-state index is 12.7. The standard InChI is InChI=1S/C26H28N4O5/c1-5-30-23-11-8-19(12-22(23)28-24(30)13-21-17(3)34-18(4)27-21)14-29(15-25(31)32)26(33)35-20-9-6-16(2)7-10-20/h6-12H,5,13-15H2,1-4H3,(H,31,32). The zero-order valence-electron chi connectivity index (χ0n) is 20.2. The molecule has 1 N–H and O–H groups in total. The lowest BCUT2D eigenvalue weighted by atomic mass is 10.2. The molecule has 0 aliphatic heterocycles. The Morgan fingerprint density at radius 1 is 1.09 bits per heavy atom. The Labute approximate surface area is 203 Å². The number of oxazole rings is 1. The molecule has 182 valence electrons. The van der Waals surface area contributed by atoms with E-state index in [9.17, 15) is 14.7 Å². The van der Waals surface area contributed by atoms with E-state index in [2.05, 4.69) is 16.5 Å². The maximum Gasteiger partial charge on any atom is 0.416 e. The molecule has 0 radical (unpaired) electrons. The van der Waals surface area contributed by atoms with Crippen molar-refractivity contribution in [3.05, 3.63) is 76.8 Å². The van der Waals surface area contributed by atoms with Gasteiger partial charge in [-0.25, -0.2) is 14.8 Å². The van der Waals surface area contributed by atoms with Crippen LogP contribution in [0.4, 0.5) is 4.79 Å². The number of imidazole rings is 1. The van der Waals surface area contributed by atoms with Crippen LogP contribution < -0.4 is 4.74 Å². The Hall–Kier alpha value is -4.14. The van der Waals surface area contributed by atoms with Gasteiger partial charge in [0.05, 0.1) is 23.1 Å². The Morgan fingerprint density at radius 3 is 2.46 bits per heavy atom. The molecule has 0 spiro atoms. The first kappa shape index (κ1) is 24.0. The van der Waals surface area contributed by atoms with Crippen molar-refractivity contribution in [1.82, 2.24) is 19.4 Å². The van der Waals surface area contributed by atoms with E-state index in [1.54, 1.807) is 12.1 Å². The van der Waals surface area contributed by atoms with E-state index < -0.39 is 18.6 Å². The number of carboxylic acid groups (broad SMARTS) is 1. The van der Waals surface area contributed by atoms with Crippen LogP contribution in [0.2, 0.25) is 0 Å². The van der Waals surface area contributed by atoms with Crippen molar-refractivity contribution < 1.29 is 23.8 Å². The van der Waals surface area contributed by atoms with Crippen LogP contribution in [0.25, 0.3) is 11.0 Å². The number of hydrogen-bond acceptors (Lipinski definition) is 6. The average molecular weight is 477 g/mol. The van der Waals surface area contributed by atoms with Crippen molar-refractivity contribution in [1.29, 1.82) is 0 Å². The van der Waals surface area contributed by atoms with Crippen LogP contribution in [0.3, 0.4) is 0 Å². The number of aryl methyl sites for hydroxylation is 4. The van der Waals surface area contributed by atoms with Gasteiger partial charge in [0.2, 0.25) is 0 Å². The van der Waals surface area contributed by atoms with Crippen molar-refractivity contribution in [2.45, 2.75) is 47.2 Å². The average Bonchev–Trinajstić information content (AvgIpc) is 3.31. The Balaban J connectivity index is 1.58. The van der Waals surface area contributed by atoms with Crippen LogP contribution in [-0.4, -0.2) is 43.1 Å². The fraction of sp³-hybridized carbons (Fsp3) is 0.308. The molecule has 0 unspecified atom stereocenters. The minimum absolute atomic E-state index is 0.0723. The third-order valence-electron chi connectivity index (χ3n) is 5.72. The highest BCUT2D eigenvalue weighted by Crippen LogP contribution is 2.22. The number of hydrogen-bond donors (Lipinski definition) is 1. The molecule has 2 heterocycles. The molecule has 9 nitrogen and oxygen atoms in total. The van der Waals surface area contributed by atoms with Gasteiger partial charge in [0.1, 0.15) is 23.9 Å². The quantitative estimate of drug-likeness (QED) is 0.394. The summed E-state index contributed by atoms with van der Waals surface area (Å²) in [5.41, 5.74) is 4.34. The number of aliphatic carboxylic acids is 1. The van der Waals surface area contributed by atoms with Crippen LogP contribution in [0.5, 0.6) is 5.75 Å². The number of carboxylic acids is 1. The third kappa shape index (κ3) is 5.51. The Bertz CT molecular complexity index is 1370. The van der Waals surface area contributed by atoms with Crippen molar-refractivity contribution in [3.8, 4) is 5.75 Å². The Morgan fingerprint density at radius 2 is 1.83 bits per heavy atom. The number of carbonyl (C=O) groups excluding carboxylic acids is 1. The number of amides is 1. The van der Waals surface area contributed by atoms with E-state index >= 15 is 0 Å². The van der Waals surface area contributed by atoms with Gasteiger partial charge in [-0.15, -0.1) is 0 Å². The molecule has 0 aliphatic carbocycles. The third-order valence-corrected chi connectivity index (χ3v) is 5.72. The molecule has 2 aromatic carbocycles. The van der Waals surface area contributed by atoms with Crippen LogP contribution in [0.1, 0.15) is 41.2 Å². The first-order chi connectivity index (χ1) is 16.7. The van der Waals surface area contributed by atoms with E-state index in [4.69, 9.17) is 14.1 Å². The minimum atomic E-state index is -1.12. The summed E-state index contributed by atoms with van der Waals surface area (Å²) in [6.45, 7) is 8.00. The monoisotopic (exact) mass is 476 g/mol. The number of rotatable bonds is 8. The number of aromatic nitrogens is 3. The van der Waals surface area contributed by atoms with Gasteiger partial charge in [0.15, 0.2) is 5.89 Å². The molecule has 0 saturated heterocycles. The predicted molar refractivity (Wildman–Crippen MR) is 129 cm³/mol. The summed E-state index contributed by atoms with van der Waals surface area (Å²) in [6.07, 6.45) is -0.192. The van der Waals surface area contributed by atoms with Crippen molar-refractivity contribution in [2.24, 2.45) is 0 Å². The highest BCUT2D eigenvalue weighted by molar-refractivity contribution is 5.79. The molecule has 0 aliphatic rings. The maximum atomic E-state index is 12.7. The summed E-state index contributed by atoms with van der Waals surface area (Å²) in [5, 5.41) is 9.34. The number of benzene rings is 2. The van der Waals surface area contributed by atoms with Gasteiger partial charge in [-0.3, -0.25) is 9.69 Å². The van der Waals surface area contributed by atoms with Gasteiger partial charge in [-0.2, -0.15) is 0 Å². The van der Waals surface area contributed by atoms with Gasteiger partial charge in [-0.1, -0.05) is 23.8 Å². The van der Waals surface area contributed by atoms with E-state index in [1.807, 2.05) is 51.1 Å². The van der Waals surface area contributed by atoms with Gasteiger partial charge in [-0.05, 0) is 50.6 Å². The summed E-state index contributed by atoms with van der Waals surface area (Å²) in [6, 6.07) is 12.7. The molecular weight excluding hydrogens is 448 g/mol. The van der Waals surface area contributed by atoms with Crippen molar-refractivity contribution in [3.63, 3.8) is 0 Å². The molecule has 0 saturated carbocycles. The second-order valence-electron chi connectivity index (χ2n) is 8.44. The molecule has 0 bridgehead atoms. The molecule has 4 aromatic rings. The molecule has 0 fully saturated rings. The topological polar surface area (TPSA) is 111 Å². The number of fused-ring (bicyclic) bond motifs is 1. The minimum Gasteiger partial charge on any atom is -0.480 e. The summed E-state index contributed by atoms with van der Waals surface area (Å²) >= 11 is 0. The van der Waals surface area contributed by atoms with Crippen LogP contribution in [0, 0.1) is 20.8 Å². The highest BCUT2D eigenvalue weighted by Gasteiger charge is 2.21. The Kier molecular flexibility index (Phi) is 6.86. The molecule has 1 amide bonds. The van der Waals surface area contributed by atoms with E-state index in [-0.39, 0.29) is 6.54 Å². The first-order valence-corrected chi connectivity index (χ1v) is 11.4. The summed E-state index contributed by atoms with van der Waals surface area (Å²) in [5.74, 6) is 1.49. The van der Waals surface area contributed by atoms with Gasteiger partial charge < -0.3 is 18.8 Å².